The summed E-state index contributed by atoms with van der Waals surface area (Å²) in [5.74, 6) is 0.158. The summed E-state index contributed by atoms with van der Waals surface area (Å²) in [5, 5.41) is 4.16. The predicted octanol–water partition coefficient (Wildman–Crippen LogP) is 2.83. The molecule has 1 aromatic heterocycles. The van der Waals surface area contributed by atoms with Gasteiger partial charge in [-0.3, -0.25) is 14.2 Å². The van der Waals surface area contributed by atoms with Gasteiger partial charge < -0.3 is 10.1 Å². The van der Waals surface area contributed by atoms with Crippen molar-refractivity contribution in [2.75, 3.05) is 19.5 Å². The number of rotatable bonds is 9. The minimum absolute atomic E-state index is 0.0623. The molecule has 0 unspecified atom stereocenters. The molecule has 0 radical (unpaired) electrons. The van der Waals surface area contributed by atoms with E-state index in [0.717, 1.165) is 6.42 Å². The van der Waals surface area contributed by atoms with Gasteiger partial charge in [0.15, 0.2) is 5.16 Å². The van der Waals surface area contributed by atoms with Crippen molar-refractivity contribution in [3.05, 3.63) is 34.6 Å². The molecule has 0 saturated heterocycles. The highest BCUT2D eigenvalue weighted by Gasteiger charge is 2.19. The number of methoxy groups -OCH3 is 1. The zero-order valence-corrected chi connectivity index (χ0v) is 16.7. The Morgan fingerprint density at radius 3 is 2.77 bits per heavy atom. The minimum Gasteiger partial charge on any atom is -0.385 e. The summed E-state index contributed by atoms with van der Waals surface area (Å²) >= 11 is 1.29. The second-order valence-electron chi connectivity index (χ2n) is 6.79. The van der Waals surface area contributed by atoms with Crippen LogP contribution in [0.3, 0.4) is 0 Å². The van der Waals surface area contributed by atoms with Gasteiger partial charge in [0.05, 0.1) is 16.7 Å². The van der Waals surface area contributed by atoms with Crippen molar-refractivity contribution < 1.29 is 9.53 Å². The Hall–Kier alpha value is -1.86. The maximum absolute atomic E-state index is 12.8. The van der Waals surface area contributed by atoms with E-state index in [0.29, 0.717) is 35.6 Å². The largest absolute Gasteiger partial charge is 0.385 e. The molecule has 0 aliphatic rings. The number of carbonyl (C=O) groups is 1. The van der Waals surface area contributed by atoms with Gasteiger partial charge in [-0.15, -0.1) is 0 Å². The first-order valence-electron chi connectivity index (χ1n) is 8.80. The molecule has 1 amide bonds. The van der Waals surface area contributed by atoms with Crippen molar-refractivity contribution >= 4 is 28.6 Å². The molecule has 2 rings (SSSR count). The monoisotopic (exact) mass is 377 g/mol. The van der Waals surface area contributed by atoms with Crippen LogP contribution < -0.4 is 10.9 Å². The Balaban J connectivity index is 2.25. The summed E-state index contributed by atoms with van der Waals surface area (Å²) in [5.41, 5.74) is 0.327. The van der Waals surface area contributed by atoms with Crippen LogP contribution in [0.5, 0.6) is 0 Å². The highest BCUT2D eigenvalue weighted by Crippen LogP contribution is 2.18. The van der Waals surface area contributed by atoms with E-state index in [-0.39, 0.29) is 22.8 Å². The lowest BCUT2D eigenvalue weighted by molar-refractivity contribution is -0.120. The minimum atomic E-state index is -0.243. The average molecular weight is 378 g/mol. The highest BCUT2D eigenvalue weighted by molar-refractivity contribution is 7.99. The van der Waals surface area contributed by atoms with Gasteiger partial charge in [-0.1, -0.05) is 30.8 Å². The first kappa shape index (κ1) is 20.5. The first-order chi connectivity index (χ1) is 12.4. The van der Waals surface area contributed by atoms with Crippen LogP contribution in [0.25, 0.3) is 10.9 Å². The Kier molecular flexibility index (Phi) is 7.23. The summed E-state index contributed by atoms with van der Waals surface area (Å²) in [4.78, 5) is 29.7. The van der Waals surface area contributed by atoms with Crippen LogP contribution in [0.1, 0.15) is 33.6 Å². The number of benzene rings is 1. The molecule has 0 fully saturated rings. The summed E-state index contributed by atoms with van der Waals surface area (Å²) in [6.45, 7) is 7.09. The molecule has 0 aliphatic carbocycles. The molecule has 6 nitrogen and oxygen atoms in total. The van der Waals surface area contributed by atoms with Crippen LogP contribution >= 0.6 is 11.8 Å². The van der Waals surface area contributed by atoms with Gasteiger partial charge in [-0.05, 0) is 38.8 Å². The van der Waals surface area contributed by atoms with Gasteiger partial charge in [-0.2, -0.15) is 0 Å². The standard InChI is InChI=1S/C19H27N3O3S/c1-5-19(2,3)21-16(23)13-26-18-20-15-10-7-6-9-14(15)17(24)22(18)11-8-12-25-4/h6-7,9-10H,5,8,11-13H2,1-4H3,(H,21,23). The third kappa shape index (κ3) is 5.32. The van der Waals surface area contributed by atoms with Gasteiger partial charge in [0.25, 0.3) is 5.56 Å². The number of fused-ring (bicyclic) bond motifs is 1. The highest BCUT2D eigenvalue weighted by atomic mass is 32.2. The van der Waals surface area contributed by atoms with Crippen LogP contribution in [0.15, 0.2) is 34.2 Å². The Morgan fingerprint density at radius 1 is 1.35 bits per heavy atom. The first-order valence-corrected chi connectivity index (χ1v) is 9.79. The molecule has 1 heterocycles. The Labute approximate surface area is 158 Å². The van der Waals surface area contributed by atoms with Crippen molar-refractivity contribution in [1.82, 2.24) is 14.9 Å². The molecule has 1 aromatic carbocycles. The maximum atomic E-state index is 12.8. The Bertz CT molecular complexity index is 817. The number of carbonyl (C=O) groups excluding carboxylic acids is 1. The number of aromatic nitrogens is 2. The van der Waals surface area contributed by atoms with Gasteiger partial charge >= 0.3 is 0 Å². The average Bonchev–Trinajstić information content (AvgIpc) is 2.62. The molecule has 7 heteroatoms. The lowest BCUT2D eigenvalue weighted by Crippen LogP contribution is -2.43. The van der Waals surface area contributed by atoms with Crippen molar-refractivity contribution in [2.45, 2.75) is 50.9 Å². The van der Waals surface area contributed by atoms with E-state index in [2.05, 4.69) is 10.3 Å². The fourth-order valence-corrected chi connectivity index (χ4v) is 3.28. The summed E-state index contributed by atoms with van der Waals surface area (Å²) in [7, 11) is 1.64. The van der Waals surface area contributed by atoms with E-state index in [1.165, 1.54) is 11.8 Å². The van der Waals surface area contributed by atoms with E-state index in [1.807, 2.05) is 39.0 Å². The van der Waals surface area contributed by atoms with Gasteiger partial charge in [-0.25, -0.2) is 4.98 Å². The number of ether oxygens (including phenoxy) is 1. The van der Waals surface area contributed by atoms with Crippen LogP contribution in [-0.4, -0.2) is 40.5 Å². The summed E-state index contributed by atoms with van der Waals surface area (Å²) < 4.78 is 6.73. The number of hydrogen-bond donors (Lipinski definition) is 1. The summed E-state index contributed by atoms with van der Waals surface area (Å²) in [6, 6.07) is 7.29. The lowest BCUT2D eigenvalue weighted by Gasteiger charge is -2.24. The fourth-order valence-electron chi connectivity index (χ4n) is 2.45. The van der Waals surface area contributed by atoms with Crippen molar-refractivity contribution in [3.63, 3.8) is 0 Å². The molecule has 26 heavy (non-hydrogen) atoms. The number of nitrogens with one attached hydrogen (secondary N) is 1. The lowest BCUT2D eigenvalue weighted by atomic mass is 10.0. The third-order valence-electron chi connectivity index (χ3n) is 4.25. The number of para-hydroxylation sites is 1. The van der Waals surface area contributed by atoms with Gasteiger partial charge in [0.2, 0.25) is 5.91 Å². The fraction of sp³-hybridized carbons (Fsp3) is 0.526. The van der Waals surface area contributed by atoms with Crippen LogP contribution in [0.4, 0.5) is 0 Å². The van der Waals surface area contributed by atoms with Crippen LogP contribution in [0, 0.1) is 0 Å². The van der Waals surface area contributed by atoms with E-state index >= 15 is 0 Å². The van der Waals surface area contributed by atoms with E-state index in [1.54, 1.807) is 17.7 Å². The van der Waals surface area contributed by atoms with E-state index in [4.69, 9.17) is 4.74 Å². The topological polar surface area (TPSA) is 73.2 Å². The second kappa shape index (κ2) is 9.19. The number of nitrogens with zero attached hydrogens (tertiary/aromatic N) is 2. The zero-order valence-electron chi connectivity index (χ0n) is 15.9. The summed E-state index contributed by atoms with van der Waals surface area (Å²) in [6.07, 6.45) is 1.55. The normalized spacial score (nSPS) is 11.7. The molecule has 0 aliphatic heterocycles. The van der Waals surface area contributed by atoms with Crippen LogP contribution in [-0.2, 0) is 16.1 Å². The molecule has 0 spiro atoms. The number of amides is 1. The molecular weight excluding hydrogens is 350 g/mol. The molecule has 2 aromatic rings. The third-order valence-corrected chi connectivity index (χ3v) is 5.23. The molecule has 142 valence electrons. The Morgan fingerprint density at radius 2 is 2.08 bits per heavy atom. The molecule has 0 saturated carbocycles. The zero-order chi connectivity index (χ0) is 19.2. The van der Waals surface area contributed by atoms with Crippen molar-refractivity contribution in [2.24, 2.45) is 0 Å². The molecular formula is C19H27N3O3S. The number of hydrogen-bond acceptors (Lipinski definition) is 5. The molecule has 0 atom stereocenters. The molecule has 0 bridgehead atoms. The SMILES string of the molecule is CCC(C)(C)NC(=O)CSc1nc2ccccc2c(=O)n1CCCOC. The predicted molar refractivity (Wildman–Crippen MR) is 106 cm³/mol. The number of thioether (sulfide) groups is 1. The second-order valence-corrected chi connectivity index (χ2v) is 7.73. The van der Waals surface area contributed by atoms with Crippen molar-refractivity contribution in [1.29, 1.82) is 0 Å². The molecule has 1 N–H and O–H groups in total. The van der Waals surface area contributed by atoms with Crippen LogP contribution in [0.2, 0.25) is 0 Å². The smallest absolute Gasteiger partial charge is 0.262 e. The van der Waals surface area contributed by atoms with Crippen molar-refractivity contribution in [3.8, 4) is 0 Å². The van der Waals surface area contributed by atoms with E-state index < -0.39 is 0 Å². The van der Waals surface area contributed by atoms with Gasteiger partial charge in [0, 0.05) is 25.8 Å². The quantitative estimate of drug-likeness (QED) is 0.413. The van der Waals surface area contributed by atoms with E-state index in [9.17, 15) is 9.59 Å². The van der Waals surface area contributed by atoms with Gasteiger partial charge in [0.1, 0.15) is 0 Å². The maximum Gasteiger partial charge on any atom is 0.262 e.